The highest BCUT2D eigenvalue weighted by atomic mass is 16.6. The maximum absolute atomic E-state index is 13.0. The van der Waals surface area contributed by atoms with Gasteiger partial charge in [0, 0.05) is 84.5 Å². The number of carbonyl (C=O) groups is 3. The molecule has 2 saturated heterocycles. The van der Waals surface area contributed by atoms with E-state index in [1.165, 1.54) is 0 Å². The Morgan fingerprint density at radius 2 is 0.980 bits per heavy atom. The van der Waals surface area contributed by atoms with E-state index in [-0.39, 0.29) is 24.0 Å². The molecule has 11 nitrogen and oxygen atoms in total. The van der Waals surface area contributed by atoms with Crippen molar-refractivity contribution < 1.29 is 24.2 Å². The average Bonchev–Trinajstić information content (AvgIpc) is 3.13. The minimum Gasteiger partial charge on any atom is -0.444 e. The first-order valence-electron chi connectivity index (χ1n) is 17.4. The van der Waals surface area contributed by atoms with Crippen molar-refractivity contribution in [3.05, 3.63) is 108 Å². The molecule has 0 aliphatic carbocycles. The standard InChI is InChI=1S/C40H46N6O5/c1-40(2,3)51-39(50)46-26-24-45(25-27-46)35-18-6-29(7-19-35)38(49)43-33-14-10-31(11-15-33)41-30-8-12-32(13-9-30)42-37(48)28-4-16-34(17-5-28)44-22-20-36(47)21-23-44/h4-19,36,41,47H,20-27H2,1-3H3,(H,42,48)(H,43,49). The molecule has 4 aromatic rings. The van der Waals surface area contributed by atoms with Crippen molar-refractivity contribution >= 4 is 52.0 Å². The van der Waals surface area contributed by atoms with E-state index in [4.69, 9.17) is 4.74 Å². The van der Waals surface area contributed by atoms with Gasteiger partial charge in [0.15, 0.2) is 0 Å². The normalized spacial score (nSPS) is 15.3. The van der Waals surface area contributed by atoms with E-state index in [1.54, 1.807) is 4.90 Å². The van der Waals surface area contributed by atoms with Gasteiger partial charge in [-0.25, -0.2) is 4.79 Å². The van der Waals surface area contributed by atoms with Crippen LogP contribution in [0.2, 0.25) is 0 Å². The number of benzene rings is 4. The molecule has 2 aliphatic rings. The molecule has 0 saturated carbocycles. The molecule has 2 fully saturated rings. The van der Waals surface area contributed by atoms with Crippen LogP contribution in [0.25, 0.3) is 0 Å². The first kappa shape index (κ1) is 35.3. The summed E-state index contributed by atoms with van der Waals surface area (Å²) in [5, 5.41) is 19.0. The molecule has 0 aromatic heterocycles. The van der Waals surface area contributed by atoms with Gasteiger partial charge in [0.05, 0.1) is 6.10 Å². The van der Waals surface area contributed by atoms with Crippen molar-refractivity contribution in [1.82, 2.24) is 4.90 Å². The second kappa shape index (κ2) is 15.6. The Hall–Kier alpha value is -5.55. The zero-order chi connectivity index (χ0) is 36.0. The van der Waals surface area contributed by atoms with Gasteiger partial charge in [-0.15, -0.1) is 0 Å². The first-order valence-corrected chi connectivity index (χ1v) is 17.4. The third-order valence-corrected chi connectivity index (χ3v) is 8.96. The Morgan fingerprint density at radius 1 is 0.588 bits per heavy atom. The molecule has 266 valence electrons. The molecular weight excluding hydrogens is 644 g/mol. The number of anilines is 6. The fourth-order valence-corrected chi connectivity index (χ4v) is 6.09. The molecule has 11 heteroatoms. The van der Waals surface area contributed by atoms with Gasteiger partial charge < -0.3 is 40.5 Å². The summed E-state index contributed by atoms with van der Waals surface area (Å²) in [6.45, 7) is 9.75. The SMILES string of the molecule is CC(C)(C)OC(=O)N1CCN(c2ccc(C(=O)Nc3ccc(Nc4ccc(NC(=O)c5ccc(N6CCC(O)CC6)cc5)cc4)cc3)cc2)CC1. The molecule has 51 heavy (non-hydrogen) atoms. The van der Waals surface area contributed by atoms with Gasteiger partial charge in [0.1, 0.15) is 5.60 Å². The van der Waals surface area contributed by atoms with Crippen molar-refractivity contribution in [1.29, 1.82) is 0 Å². The summed E-state index contributed by atoms with van der Waals surface area (Å²) in [6.07, 6.45) is 1.01. The quantitative estimate of drug-likeness (QED) is 0.157. The van der Waals surface area contributed by atoms with Gasteiger partial charge in [0.25, 0.3) is 11.8 Å². The highest BCUT2D eigenvalue weighted by molar-refractivity contribution is 6.05. The highest BCUT2D eigenvalue weighted by Gasteiger charge is 2.26. The Bertz CT molecular complexity index is 1790. The smallest absolute Gasteiger partial charge is 0.410 e. The van der Waals surface area contributed by atoms with Crippen LogP contribution < -0.4 is 25.8 Å². The molecule has 6 rings (SSSR count). The minimum atomic E-state index is -0.518. The van der Waals surface area contributed by atoms with Crippen molar-refractivity contribution in [2.45, 2.75) is 45.3 Å². The molecule has 0 bridgehead atoms. The number of hydrogen-bond donors (Lipinski definition) is 4. The number of carbonyl (C=O) groups excluding carboxylic acids is 3. The zero-order valence-electron chi connectivity index (χ0n) is 29.4. The lowest BCUT2D eigenvalue weighted by Gasteiger charge is -2.36. The van der Waals surface area contributed by atoms with Crippen LogP contribution in [0.5, 0.6) is 0 Å². The number of nitrogens with one attached hydrogen (secondary N) is 3. The van der Waals surface area contributed by atoms with E-state index in [0.717, 1.165) is 48.7 Å². The van der Waals surface area contributed by atoms with Crippen LogP contribution in [0.3, 0.4) is 0 Å². The second-order valence-corrected chi connectivity index (χ2v) is 14.0. The lowest BCUT2D eigenvalue weighted by molar-refractivity contribution is 0.0240. The number of aliphatic hydroxyl groups is 1. The number of hydrogen-bond acceptors (Lipinski definition) is 8. The summed E-state index contributed by atoms with van der Waals surface area (Å²) in [5.41, 5.74) is 5.74. The van der Waals surface area contributed by atoms with Crippen molar-refractivity contribution in [2.75, 3.05) is 65.0 Å². The highest BCUT2D eigenvalue weighted by Crippen LogP contribution is 2.24. The Morgan fingerprint density at radius 3 is 1.39 bits per heavy atom. The topological polar surface area (TPSA) is 126 Å². The number of rotatable bonds is 8. The molecule has 0 spiro atoms. The van der Waals surface area contributed by atoms with Gasteiger partial charge in [-0.3, -0.25) is 9.59 Å². The third-order valence-electron chi connectivity index (χ3n) is 8.96. The molecule has 2 aliphatic heterocycles. The molecule has 3 amide bonds. The van der Waals surface area contributed by atoms with Crippen LogP contribution in [0.4, 0.5) is 38.9 Å². The van der Waals surface area contributed by atoms with Gasteiger partial charge in [-0.1, -0.05) is 0 Å². The van der Waals surface area contributed by atoms with Gasteiger partial charge in [-0.2, -0.15) is 0 Å². The molecule has 0 unspecified atom stereocenters. The predicted octanol–water partition coefficient (Wildman–Crippen LogP) is 6.95. The van der Waals surface area contributed by atoms with E-state index >= 15 is 0 Å². The summed E-state index contributed by atoms with van der Waals surface area (Å²) in [4.78, 5) is 44.3. The fraction of sp³-hybridized carbons (Fsp3) is 0.325. The van der Waals surface area contributed by atoms with Crippen molar-refractivity contribution in [3.8, 4) is 0 Å². The van der Waals surface area contributed by atoms with Crippen LogP contribution in [-0.2, 0) is 4.74 Å². The zero-order valence-corrected chi connectivity index (χ0v) is 29.4. The summed E-state index contributed by atoms with van der Waals surface area (Å²) >= 11 is 0. The van der Waals surface area contributed by atoms with E-state index < -0.39 is 5.60 Å². The molecule has 0 atom stereocenters. The van der Waals surface area contributed by atoms with Crippen LogP contribution in [0, 0.1) is 0 Å². The lowest BCUT2D eigenvalue weighted by atomic mass is 10.1. The van der Waals surface area contributed by atoms with Crippen LogP contribution in [-0.4, -0.2) is 78.9 Å². The van der Waals surface area contributed by atoms with E-state index in [0.29, 0.717) is 48.7 Å². The number of amides is 3. The number of aliphatic hydroxyl groups excluding tert-OH is 1. The maximum atomic E-state index is 13.0. The average molecular weight is 691 g/mol. The summed E-state index contributed by atoms with van der Waals surface area (Å²) < 4.78 is 5.49. The number of piperazine rings is 1. The van der Waals surface area contributed by atoms with Gasteiger partial charge >= 0.3 is 6.09 Å². The second-order valence-electron chi connectivity index (χ2n) is 14.0. The summed E-state index contributed by atoms with van der Waals surface area (Å²) in [5.74, 6) is -0.381. The minimum absolute atomic E-state index is 0.180. The fourth-order valence-electron chi connectivity index (χ4n) is 6.09. The van der Waals surface area contributed by atoms with E-state index in [9.17, 15) is 19.5 Å². The third kappa shape index (κ3) is 9.58. The largest absolute Gasteiger partial charge is 0.444 e. The first-order chi connectivity index (χ1) is 24.5. The van der Waals surface area contributed by atoms with Crippen molar-refractivity contribution in [2.24, 2.45) is 0 Å². The number of piperidine rings is 1. The molecule has 4 N–H and O–H groups in total. The van der Waals surface area contributed by atoms with Gasteiger partial charge in [-0.05, 0) is 131 Å². The maximum Gasteiger partial charge on any atom is 0.410 e. The summed E-state index contributed by atoms with van der Waals surface area (Å²) in [7, 11) is 0. The molecule has 2 heterocycles. The van der Waals surface area contributed by atoms with E-state index in [2.05, 4.69) is 25.8 Å². The van der Waals surface area contributed by atoms with E-state index in [1.807, 2.05) is 118 Å². The molecule has 0 radical (unpaired) electrons. The summed E-state index contributed by atoms with van der Waals surface area (Å²) in [6, 6.07) is 30.0. The van der Waals surface area contributed by atoms with Crippen LogP contribution >= 0.6 is 0 Å². The Kier molecular flexibility index (Phi) is 10.8. The monoisotopic (exact) mass is 690 g/mol. The lowest BCUT2D eigenvalue weighted by Crippen LogP contribution is -2.50. The van der Waals surface area contributed by atoms with Crippen molar-refractivity contribution in [3.63, 3.8) is 0 Å². The number of nitrogens with zero attached hydrogens (tertiary/aromatic N) is 3. The number of ether oxygens (including phenoxy) is 1. The van der Waals surface area contributed by atoms with Crippen LogP contribution in [0.15, 0.2) is 97.1 Å². The Balaban J connectivity index is 0.948. The van der Waals surface area contributed by atoms with Gasteiger partial charge in [0.2, 0.25) is 0 Å². The molecule has 4 aromatic carbocycles. The van der Waals surface area contributed by atoms with Crippen LogP contribution in [0.1, 0.15) is 54.3 Å². The predicted molar refractivity (Wildman–Crippen MR) is 202 cm³/mol. The Labute approximate surface area is 299 Å². The molecular formula is C40H46N6O5.